The summed E-state index contributed by atoms with van der Waals surface area (Å²) in [6.45, 7) is 9.02. The number of aromatic amines is 1. The number of ether oxygens (including phenoxy) is 1. The average molecular weight is 457 g/mol. The summed E-state index contributed by atoms with van der Waals surface area (Å²) >= 11 is 5.69. The molecule has 0 amide bonds. The maximum atomic E-state index is 12.8. The second-order valence-corrected chi connectivity index (χ2v) is 8.00. The van der Waals surface area contributed by atoms with E-state index >= 15 is 0 Å². The quantitative estimate of drug-likeness (QED) is 0.426. The number of aromatic nitrogens is 1. The van der Waals surface area contributed by atoms with E-state index in [4.69, 9.17) is 21.4 Å². The van der Waals surface area contributed by atoms with Gasteiger partial charge in [0.05, 0.1) is 26.5 Å². The fourth-order valence-corrected chi connectivity index (χ4v) is 3.87. The van der Waals surface area contributed by atoms with Gasteiger partial charge in [-0.25, -0.2) is 0 Å². The lowest BCUT2D eigenvalue weighted by Gasteiger charge is -2.27. The van der Waals surface area contributed by atoms with Crippen molar-refractivity contribution in [3.8, 4) is 5.75 Å². The van der Waals surface area contributed by atoms with Gasteiger partial charge in [0.2, 0.25) is 0 Å². The number of nitrogens with one attached hydrogen (secondary N) is 2. The molecule has 0 saturated heterocycles. The number of furan rings is 1. The number of hydrogen-bond acceptors (Lipinski definition) is 5. The van der Waals surface area contributed by atoms with Crippen molar-refractivity contribution in [1.82, 2.24) is 20.1 Å². The molecule has 0 spiro atoms. The first-order valence-electron chi connectivity index (χ1n) is 11.0. The van der Waals surface area contributed by atoms with Crippen LogP contribution in [0, 0.1) is 0 Å². The molecule has 8 heteroatoms. The molecule has 0 fully saturated rings. The summed E-state index contributed by atoms with van der Waals surface area (Å²) in [6, 6.07) is 11.3. The van der Waals surface area contributed by atoms with Crippen molar-refractivity contribution >= 4 is 28.2 Å². The highest BCUT2D eigenvalue weighted by Gasteiger charge is 2.14. The van der Waals surface area contributed by atoms with E-state index < -0.39 is 0 Å². The normalized spacial score (nSPS) is 11.1. The van der Waals surface area contributed by atoms with Crippen LogP contribution < -0.4 is 15.6 Å². The third-order valence-corrected chi connectivity index (χ3v) is 5.97. The van der Waals surface area contributed by atoms with Crippen LogP contribution >= 0.6 is 12.2 Å². The third kappa shape index (κ3) is 6.34. The molecule has 32 heavy (non-hydrogen) atoms. The van der Waals surface area contributed by atoms with Gasteiger partial charge >= 0.3 is 0 Å². The number of rotatable bonds is 11. The molecule has 1 aromatic carbocycles. The summed E-state index contributed by atoms with van der Waals surface area (Å²) in [5, 5.41) is 4.79. The molecule has 0 saturated carbocycles. The smallest absolute Gasteiger partial charge is 0.253 e. The van der Waals surface area contributed by atoms with E-state index in [-0.39, 0.29) is 5.56 Å². The summed E-state index contributed by atoms with van der Waals surface area (Å²) in [7, 11) is 1.63. The highest BCUT2D eigenvalue weighted by atomic mass is 32.1. The summed E-state index contributed by atoms with van der Waals surface area (Å²) in [5.41, 5.74) is 1.34. The molecule has 7 nitrogen and oxygen atoms in total. The number of fused-ring (bicyclic) bond motifs is 1. The molecule has 0 unspecified atom stereocenters. The van der Waals surface area contributed by atoms with E-state index in [9.17, 15) is 4.79 Å². The minimum absolute atomic E-state index is 0.106. The average Bonchev–Trinajstić information content (AvgIpc) is 3.33. The Morgan fingerprint density at radius 2 is 2.00 bits per heavy atom. The molecule has 0 radical (unpaired) electrons. The van der Waals surface area contributed by atoms with Gasteiger partial charge in [-0.1, -0.05) is 13.8 Å². The lowest BCUT2D eigenvalue weighted by atomic mass is 10.1. The van der Waals surface area contributed by atoms with E-state index in [1.54, 1.807) is 13.4 Å². The molecule has 2 heterocycles. The second-order valence-electron chi connectivity index (χ2n) is 7.62. The molecule has 0 bridgehead atoms. The Morgan fingerprint density at radius 1 is 1.19 bits per heavy atom. The maximum absolute atomic E-state index is 12.8. The summed E-state index contributed by atoms with van der Waals surface area (Å²) in [6.07, 6.45) is 2.59. The summed E-state index contributed by atoms with van der Waals surface area (Å²) in [4.78, 5) is 20.2. The van der Waals surface area contributed by atoms with Gasteiger partial charge < -0.3 is 29.3 Å². The van der Waals surface area contributed by atoms with E-state index in [1.165, 1.54) is 0 Å². The zero-order valence-corrected chi connectivity index (χ0v) is 19.8. The van der Waals surface area contributed by atoms with Crippen LogP contribution in [0.1, 0.15) is 31.6 Å². The zero-order chi connectivity index (χ0) is 22.9. The number of benzene rings is 1. The monoisotopic (exact) mass is 456 g/mol. The first-order valence-corrected chi connectivity index (χ1v) is 11.4. The summed E-state index contributed by atoms with van der Waals surface area (Å²) in [5.74, 6) is 1.56. The molecule has 0 atom stereocenters. The Labute approximate surface area is 194 Å². The molecule has 0 aliphatic rings. The topological polar surface area (TPSA) is 73.7 Å². The van der Waals surface area contributed by atoms with Crippen LogP contribution in [0.4, 0.5) is 0 Å². The van der Waals surface area contributed by atoms with Gasteiger partial charge in [-0.2, -0.15) is 0 Å². The molecule has 3 rings (SSSR count). The Hall–Kier alpha value is -2.84. The Morgan fingerprint density at radius 3 is 2.69 bits per heavy atom. The second kappa shape index (κ2) is 11.7. The standard InChI is InChI=1S/C24H32N4O3S/c1-4-27(5-2)11-7-12-28(24(32)25-16-21-8-6-13-31-21)17-19-14-18-15-20(30-3)9-10-22(18)26-23(19)29/h6,8-10,13-15H,4-5,7,11-12,16-17H2,1-3H3,(H,25,32)(H,26,29). The predicted octanol–water partition coefficient (Wildman–Crippen LogP) is 3.74. The lowest BCUT2D eigenvalue weighted by molar-refractivity contribution is 0.279. The lowest BCUT2D eigenvalue weighted by Crippen LogP contribution is -2.41. The number of hydrogen-bond donors (Lipinski definition) is 2. The summed E-state index contributed by atoms with van der Waals surface area (Å²) < 4.78 is 10.7. The molecule has 2 aromatic heterocycles. The Balaban J connectivity index is 1.77. The van der Waals surface area contributed by atoms with Gasteiger partial charge in [0.1, 0.15) is 11.5 Å². The zero-order valence-electron chi connectivity index (χ0n) is 19.0. The molecular weight excluding hydrogens is 424 g/mol. The van der Waals surface area contributed by atoms with E-state index in [0.29, 0.717) is 23.8 Å². The number of pyridine rings is 1. The molecule has 172 valence electrons. The van der Waals surface area contributed by atoms with Crippen molar-refractivity contribution in [2.45, 2.75) is 33.4 Å². The van der Waals surface area contributed by atoms with E-state index in [2.05, 4.69) is 33.9 Å². The maximum Gasteiger partial charge on any atom is 0.253 e. The van der Waals surface area contributed by atoms with E-state index in [0.717, 1.165) is 55.0 Å². The van der Waals surface area contributed by atoms with Gasteiger partial charge in [-0.3, -0.25) is 4.79 Å². The minimum Gasteiger partial charge on any atom is -0.497 e. The van der Waals surface area contributed by atoms with Crippen LogP contribution in [0.3, 0.4) is 0 Å². The molecule has 3 aromatic rings. The molecule has 0 aliphatic carbocycles. The van der Waals surface area contributed by atoms with Crippen molar-refractivity contribution < 1.29 is 9.15 Å². The highest BCUT2D eigenvalue weighted by Crippen LogP contribution is 2.19. The Bertz CT molecular complexity index is 1060. The number of thiocarbonyl (C=S) groups is 1. The molecular formula is C24H32N4O3S. The van der Waals surface area contributed by atoms with Crippen LogP contribution in [0.15, 0.2) is 51.9 Å². The van der Waals surface area contributed by atoms with Gasteiger partial charge in [0.25, 0.3) is 5.56 Å². The number of nitrogens with zero attached hydrogens (tertiary/aromatic N) is 2. The first kappa shape index (κ1) is 23.8. The van der Waals surface area contributed by atoms with Gasteiger partial charge in [0.15, 0.2) is 5.11 Å². The van der Waals surface area contributed by atoms with Crippen molar-refractivity contribution in [3.63, 3.8) is 0 Å². The van der Waals surface area contributed by atoms with Crippen LogP contribution in [0.25, 0.3) is 10.9 Å². The largest absolute Gasteiger partial charge is 0.497 e. The van der Waals surface area contributed by atoms with Gasteiger partial charge in [0, 0.05) is 23.0 Å². The minimum atomic E-state index is -0.106. The molecule has 0 aliphatic heterocycles. The van der Waals surface area contributed by atoms with Crippen LogP contribution in [-0.2, 0) is 13.1 Å². The van der Waals surface area contributed by atoms with Crippen molar-refractivity contribution in [2.24, 2.45) is 0 Å². The van der Waals surface area contributed by atoms with Gasteiger partial charge in [-0.05, 0) is 74.7 Å². The van der Waals surface area contributed by atoms with Gasteiger partial charge in [-0.15, -0.1) is 0 Å². The highest BCUT2D eigenvalue weighted by molar-refractivity contribution is 7.80. The molecule has 2 N–H and O–H groups in total. The number of H-pyrrole nitrogens is 1. The Kier molecular flexibility index (Phi) is 8.70. The van der Waals surface area contributed by atoms with E-state index in [1.807, 2.05) is 36.4 Å². The van der Waals surface area contributed by atoms with Crippen molar-refractivity contribution in [3.05, 3.63) is 64.3 Å². The number of methoxy groups -OCH3 is 1. The predicted molar refractivity (Wildman–Crippen MR) is 132 cm³/mol. The van der Waals surface area contributed by atoms with Crippen molar-refractivity contribution in [1.29, 1.82) is 0 Å². The van der Waals surface area contributed by atoms with Crippen LogP contribution in [-0.4, -0.2) is 53.2 Å². The fraction of sp³-hybridized carbons (Fsp3) is 0.417. The van der Waals surface area contributed by atoms with Crippen LogP contribution in [0.2, 0.25) is 0 Å². The fourth-order valence-electron chi connectivity index (χ4n) is 3.65. The third-order valence-electron chi connectivity index (χ3n) is 5.57. The SMILES string of the molecule is CCN(CC)CCCN(Cc1cc2cc(OC)ccc2[nH]c1=O)C(=S)NCc1ccco1. The first-order chi connectivity index (χ1) is 15.5. The van der Waals surface area contributed by atoms with Crippen LogP contribution in [0.5, 0.6) is 5.75 Å². The van der Waals surface area contributed by atoms with Crippen molar-refractivity contribution in [2.75, 3.05) is 33.3 Å².